The number of nitrogens with zero attached hydrogens (tertiary/aromatic N) is 2. The van der Waals surface area contributed by atoms with Gasteiger partial charge in [0.2, 0.25) is 0 Å². The van der Waals surface area contributed by atoms with Gasteiger partial charge in [-0.25, -0.2) is 9.36 Å². The van der Waals surface area contributed by atoms with Crippen molar-refractivity contribution in [2.45, 2.75) is 18.5 Å². The van der Waals surface area contributed by atoms with Crippen LogP contribution in [0.15, 0.2) is 72.2 Å². The van der Waals surface area contributed by atoms with Crippen LogP contribution in [0.5, 0.6) is 0 Å². The molecule has 2 N–H and O–H groups in total. The molecular weight excluding hydrogens is 390 g/mol. The highest BCUT2D eigenvalue weighted by Crippen LogP contribution is 2.40. The third-order valence-electron chi connectivity index (χ3n) is 5.12. The Hall–Kier alpha value is -3.56. The van der Waals surface area contributed by atoms with E-state index in [-0.39, 0.29) is 18.8 Å². The van der Waals surface area contributed by atoms with Crippen LogP contribution >= 0.6 is 0 Å². The van der Waals surface area contributed by atoms with Gasteiger partial charge >= 0.3 is 5.97 Å². The molecule has 2 atom stereocenters. The smallest absolute Gasteiger partial charge is 0.352 e. The predicted molar refractivity (Wildman–Crippen MR) is 102 cm³/mol. The van der Waals surface area contributed by atoms with E-state index in [4.69, 9.17) is 9.47 Å². The molecule has 9 nitrogen and oxygen atoms in total. The molecule has 30 heavy (non-hydrogen) atoms. The summed E-state index contributed by atoms with van der Waals surface area (Å²) < 4.78 is 12.9. The summed E-state index contributed by atoms with van der Waals surface area (Å²) in [6.07, 6.45) is 2.49. The molecule has 4 rings (SSSR count). The van der Waals surface area contributed by atoms with Crippen LogP contribution in [0.2, 0.25) is 0 Å². The fraction of sp³-hybridized carbons (Fsp3) is 0.238. The Kier molecular flexibility index (Phi) is 5.06. The standard InChI is InChI=1S/C21H19N3O6/c1-29-21(22-17(25)14-8-4-2-5-9-14)19(28)24-16(18(26)27)15(13-30-20(21)24)12-23-10-6-3-7-11-23/h2-11,20H,12-13H2,1H3,(H-,22,25,26,27)/p+1/t20-,21-/m1/s1. The molecule has 9 heteroatoms. The number of carboxylic acid groups (broad SMARTS) is 1. The Morgan fingerprint density at radius 2 is 1.90 bits per heavy atom. The molecule has 1 fully saturated rings. The van der Waals surface area contributed by atoms with Crippen LogP contribution in [-0.4, -0.2) is 53.5 Å². The molecule has 0 spiro atoms. The van der Waals surface area contributed by atoms with Crippen LogP contribution < -0.4 is 9.88 Å². The second-order valence-corrected chi connectivity index (χ2v) is 6.90. The molecular formula is C21H20N3O6+. The summed E-state index contributed by atoms with van der Waals surface area (Å²) >= 11 is 0. The molecule has 3 heterocycles. The third kappa shape index (κ3) is 3.14. The SMILES string of the molecule is CO[C@]1(NC(=O)c2ccccc2)C(=O)N2C(C(=O)O)=C(C[n+]3ccccc3)CO[C@@H]21. The van der Waals surface area contributed by atoms with Crippen LogP contribution in [0.4, 0.5) is 0 Å². The molecule has 2 aromatic rings. The zero-order valence-corrected chi connectivity index (χ0v) is 16.1. The van der Waals surface area contributed by atoms with Gasteiger partial charge in [0, 0.05) is 24.8 Å². The zero-order valence-electron chi connectivity index (χ0n) is 16.1. The van der Waals surface area contributed by atoms with Gasteiger partial charge in [0.25, 0.3) is 17.5 Å². The normalized spacial score (nSPS) is 22.9. The number of hydrogen-bond acceptors (Lipinski definition) is 5. The second-order valence-electron chi connectivity index (χ2n) is 6.90. The largest absolute Gasteiger partial charge is 0.477 e. The minimum Gasteiger partial charge on any atom is -0.477 e. The fourth-order valence-electron chi connectivity index (χ4n) is 3.66. The highest BCUT2D eigenvalue weighted by molar-refractivity contribution is 6.05. The Morgan fingerprint density at radius 3 is 2.53 bits per heavy atom. The molecule has 2 aliphatic heterocycles. The Morgan fingerprint density at radius 1 is 1.23 bits per heavy atom. The van der Waals surface area contributed by atoms with Crippen molar-refractivity contribution >= 4 is 17.8 Å². The van der Waals surface area contributed by atoms with Crippen molar-refractivity contribution in [2.75, 3.05) is 13.7 Å². The summed E-state index contributed by atoms with van der Waals surface area (Å²) in [6.45, 7) is 0.222. The number of hydrogen-bond donors (Lipinski definition) is 2. The first-order chi connectivity index (χ1) is 14.5. The van der Waals surface area contributed by atoms with Crippen LogP contribution in [0.3, 0.4) is 0 Å². The number of carbonyl (C=O) groups excluding carboxylic acids is 2. The second kappa shape index (κ2) is 7.69. The van der Waals surface area contributed by atoms with Crippen molar-refractivity contribution in [1.82, 2.24) is 10.2 Å². The molecule has 1 aromatic carbocycles. The van der Waals surface area contributed by atoms with Crippen molar-refractivity contribution in [2.24, 2.45) is 0 Å². The van der Waals surface area contributed by atoms with Crippen molar-refractivity contribution in [3.8, 4) is 0 Å². The van der Waals surface area contributed by atoms with Crippen molar-refractivity contribution in [3.63, 3.8) is 0 Å². The number of methoxy groups -OCH3 is 1. The van der Waals surface area contributed by atoms with Gasteiger partial charge in [-0.15, -0.1) is 0 Å². The number of benzene rings is 1. The van der Waals surface area contributed by atoms with Gasteiger partial charge < -0.3 is 19.9 Å². The van der Waals surface area contributed by atoms with Gasteiger partial charge in [-0.2, -0.15) is 0 Å². The van der Waals surface area contributed by atoms with E-state index in [2.05, 4.69) is 5.32 Å². The van der Waals surface area contributed by atoms with E-state index in [0.717, 1.165) is 4.90 Å². The highest BCUT2D eigenvalue weighted by Gasteiger charge is 2.67. The lowest BCUT2D eigenvalue weighted by molar-refractivity contribution is -0.689. The number of pyridine rings is 1. The fourth-order valence-corrected chi connectivity index (χ4v) is 3.66. The summed E-state index contributed by atoms with van der Waals surface area (Å²) in [7, 11) is 1.27. The average molecular weight is 410 g/mol. The van der Waals surface area contributed by atoms with E-state index in [1.54, 1.807) is 47.3 Å². The average Bonchev–Trinajstić information content (AvgIpc) is 2.77. The van der Waals surface area contributed by atoms with E-state index in [1.807, 2.05) is 18.2 Å². The van der Waals surface area contributed by atoms with Gasteiger partial charge in [0.05, 0.1) is 12.2 Å². The van der Waals surface area contributed by atoms with Gasteiger partial charge in [-0.05, 0) is 12.1 Å². The lowest BCUT2D eigenvalue weighted by Gasteiger charge is -2.55. The van der Waals surface area contributed by atoms with Gasteiger partial charge in [-0.3, -0.25) is 14.5 Å². The lowest BCUT2D eigenvalue weighted by atomic mass is 9.93. The van der Waals surface area contributed by atoms with Crippen LogP contribution in [0.25, 0.3) is 0 Å². The summed E-state index contributed by atoms with van der Waals surface area (Å²) in [5, 5.41) is 12.4. The molecule has 0 bridgehead atoms. The first kappa shape index (κ1) is 19.7. The third-order valence-corrected chi connectivity index (χ3v) is 5.12. The molecule has 154 valence electrons. The molecule has 0 unspecified atom stereocenters. The Balaban J connectivity index is 1.63. The summed E-state index contributed by atoms with van der Waals surface area (Å²) in [5.74, 6) is -2.48. The lowest BCUT2D eigenvalue weighted by Crippen LogP contribution is -2.82. The van der Waals surface area contributed by atoms with Crippen LogP contribution in [-0.2, 0) is 25.6 Å². The van der Waals surface area contributed by atoms with E-state index < -0.39 is 29.7 Å². The monoisotopic (exact) mass is 410 g/mol. The molecule has 2 aliphatic rings. The number of aliphatic carboxylic acids is 1. The number of ether oxygens (including phenoxy) is 2. The minimum atomic E-state index is -1.79. The van der Waals surface area contributed by atoms with E-state index >= 15 is 0 Å². The van der Waals surface area contributed by atoms with Gasteiger partial charge in [0.1, 0.15) is 5.70 Å². The van der Waals surface area contributed by atoms with Crippen molar-refractivity contribution in [3.05, 3.63) is 77.8 Å². The number of carboxylic acids is 1. The molecule has 1 saturated heterocycles. The van der Waals surface area contributed by atoms with Gasteiger partial charge in [-0.1, -0.05) is 24.3 Å². The van der Waals surface area contributed by atoms with Gasteiger partial charge in [0.15, 0.2) is 25.2 Å². The van der Waals surface area contributed by atoms with Crippen LogP contribution in [0, 0.1) is 0 Å². The number of carbonyl (C=O) groups is 3. The number of β-lactam (4-membered cyclic amide) rings is 1. The van der Waals surface area contributed by atoms with E-state index in [9.17, 15) is 19.5 Å². The summed E-state index contributed by atoms with van der Waals surface area (Å²) in [5.41, 5.74) is -1.18. The topological polar surface area (TPSA) is 109 Å². The maximum atomic E-state index is 13.0. The Labute approximate surface area is 172 Å². The zero-order chi connectivity index (χ0) is 21.3. The maximum Gasteiger partial charge on any atom is 0.352 e. The van der Waals surface area contributed by atoms with E-state index in [0.29, 0.717) is 11.1 Å². The maximum absolute atomic E-state index is 13.0. The predicted octanol–water partition coefficient (Wildman–Crippen LogP) is 0.284. The van der Waals surface area contributed by atoms with Crippen molar-refractivity contribution in [1.29, 1.82) is 0 Å². The highest BCUT2D eigenvalue weighted by atomic mass is 16.6. The molecule has 0 saturated carbocycles. The first-order valence-corrected chi connectivity index (χ1v) is 9.25. The number of aromatic nitrogens is 1. The number of rotatable bonds is 6. The number of fused-ring (bicyclic) bond motifs is 1. The van der Waals surface area contributed by atoms with Crippen LogP contribution in [0.1, 0.15) is 10.4 Å². The minimum absolute atomic E-state index is 0.0235. The first-order valence-electron chi connectivity index (χ1n) is 9.25. The summed E-state index contributed by atoms with van der Waals surface area (Å²) in [4.78, 5) is 38.7. The summed E-state index contributed by atoms with van der Waals surface area (Å²) in [6, 6.07) is 13.8. The molecule has 0 aliphatic carbocycles. The molecule has 0 radical (unpaired) electrons. The number of nitrogens with one attached hydrogen (secondary N) is 1. The molecule has 1 aromatic heterocycles. The quantitative estimate of drug-likeness (QED) is 0.402. The van der Waals surface area contributed by atoms with E-state index in [1.165, 1.54) is 7.11 Å². The Bertz CT molecular complexity index is 1020. The van der Waals surface area contributed by atoms with Crippen molar-refractivity contribution < 1.29 is 33.5 Å². The molecule has 2 amide bonds. The number of amides is 2.